The Labute approximate surface area is 114 Å². The Hall–Kier alpha value is -1.31. The van der Waals surface area contributed by atoms with E-state index in [9.17, 15) is 0 Å². The Morgan fingerprint density at radius 1 is 1.00 bits per heavy atom. The van der Waals surface area contributed by atoms with Gasteiger partial charge in [0.25, 0.3) is 0 Å². The number of aryl methyl sites for hydroxylation is 2. The zero-order chi connectivity index (χ0) is 13.1. The van der Waals surface area contributed by atoms with Crippen LogP contribution < -0.4 is 5.32 Å². The smallest absolute Gasteiger partial charge is 0.0589 e. The van der Waals surface area contributed by atoms with Crippen LogP contribution in [0, 0.1) is 13.8 Å². The molecule has 0 bridgehead atoms. The predicted molar refractivity (Wildman–Crippen MR) is 78.3 cm³/mol. The SMILES string of the molecule is CNC(c1ccc(C)c(C)c1)c1ccccc1Cl. The van der Waals surface area contributed by atoms with E-state index in [1.807, 2.05) is 25.2 Å². The Kier molecular flexibility index (Phi) is 4.05. The minimum Gasteiger partial charge on any atom is -0.309 e. The third-order valence-electron chi connectivity index (χ3n) is 3.37. The van der Waals surface area contributed by atoms with Gasteiger partial charge in [-0.2, -0.15) is 0 Å². The van der Waals surface area contributed by atoms with Gasteiger partial charge in [0.15, 0.2) is 0 Å². The van der Waals surface area contributed by atoms with Gasteiger partial charge in [-0.15, -0.1) is 0 Å². The minimum atomic E-state index is 0.137. The van der Waals surface area contributed by atoms with Crippen molar-refractivity contribution in [2.24, 2.45) is 0 Å². The molecule has 0 saturated carbocycles. The summed E-state index contributed by atoms with van der Waals surface area (Å²) in [5.41, 5.74) is 4.98. The maximum absolute atomic E-state index is 6.28. The number of halogens is 1. The van der Waals surface area contributed by atoms with Gasteiger partial charge in [0.1, 0.15) is 0 Å². The molecule has 0 fully saturated rings. The molecule has 0 aliphatic rings. The molecule has 0 radical (unpaired) electrons. The molecule has 2 rings (SSSR count). The van der Waals surface area contributed by atoms with Gasteiger partial charge in [-0.1, -0.05) is 48.0 Å². The molecule has 2 aromatic rings. The summed E-state index contributed by atoms with van der Waals surface area (Å²) >= 11 is 6.28. The average Bonchev–Trinajstić information content (AvgIpc) is 2.37. The van der Waals surface area contributed by atoms with Crippen molar-refractivity contribution in [2.45, 2.75) is 19.9 Å². The summed E-state index contributed by atoms with van der Waals surface area (Å²) in [6.45, 7) is 4.27. The lowest BCUT2D eigenvalue weighted by Crippen LogP contribution is -2.18. The molecule has 2 heteroatoms. The molecule has 2 aromatic carbocycles. The maximum Gasteiger partial charge on any atom is 0.0589 e. The third-order valence-corrected chi connectivity index (χ3v) is 3.71. The van der Waals surface area contributed by atoms with Crippen LogP contribution in [0.1, 0.15) is 28.3 Å². The average molecular weight is 260 g/mol. The van der Waals surface area contributed by atoms with E-state index in [1.165, 1.54) is 16.7 Å². The summed E-state index contributed by atoms with van der Waals surface area (Å²) in [4.78, 5) is 0. The molecule has 94 valence electrons. The van der Waals surface area contributed by atoms with Crippen molar-refractivity contribution in [3.63, 3.8) is 0 Å². The van der Waals surface area contributed by atoms with Gasteiger partial charge in [0, 0.05) is 5.02 Å². The number of hydrogen-bond acceptors (Lipinski definition) is 1. The fourth-order valence-electron chi connectivity index (χ4n) is 2.16. The lowest BCUT2D eigenvalue weighted by Gasteiger charge is -2.19. The second-order valence-corrected chi connectivity index (χ2v) is 4.99. The highest BCUT2D eigenvalue weighted by molar-refractivity contribution is 6.31. The number of hydrogen-bond donors (Lipinski definition) is 1. The van der Waals surface area contributed by atoms with Gasteiger partial charge < -0.3 is 5.32 Å². The second kappa shape index (κ2) is 5.55. The van der Waals surface area contributed by atoms with Crippen molar-refractivity contribution >= 4 is 11.6 Å². The van der Waals surface area contributed by atoms with E-state index < -0.39 is 0 Å². The standard InChI is InChI=1S/C16H18ClN/c1-11-8-9-13(10-12(11)2)16(18-3)14-6-4-5-7-15(14)17/h4-10,16,18H,1-3H3. The Morgan fingerprint density at radius 3 is 2.33 bits per heavy atom. The molecular weight excluding hydrogens is 242 g/mol. The first kappa shape index (κ1) is 13.1. The molecule has 18 heavy (non-hydrogen) atoms. The van der Waals surface area contributed by atoms with Crippen molar-refractivity contribution in [3.05, 3.63) is 69.7 Å². The summed E-state index contributed by atoms with van der Waals surface area (Å²) in [5, 5.41) is 4.14. The largest absolute Gasteiger partial charge is 0.309 e. The first-order valence-corrected chi connectivity index (χ1v) is 6.50. The van der Waals surface area contributed by atoms with Gasteiger partial charge in [0.05, 0.1) is 6.04 Å². The quantitative estimate of drug-likeness (QED) is 0.868. The molecule has 0 aliphatic heterocycles. The van der Waals surface area contributed by atoms with Gasteiger partial charge in [-0.3, -0.25) is 0 Å². The normalized spacial score (nSPS) is 12.4. The molecule has 1 atom stereocenters. The van der Waals surface area contributed by atoms with Crippen molar-refractivity contribution in [1.82, 2.24) is 5.32 Å². The number of rotatable bonds is 3. The summed E-state index contributed by atoms with van der Waals surface area (Å²) in [7, 11) is 1.96. The molecule has 1 unspecified atom stereocenters. The van der Waals surface area contributed by atoms with E-state index in [0.29, 0.717) is 0 Å². The number of nitrogens with one attached hydrogen (secondary N) is 1. The van der Waals surface area contributed by atoms with Crippen LogP contribution >= 0.6 is 11.6 Å². The Morgan fingerprint density at radius 2 is 1.72 bits per heavy atom. The van der Waals surface area contributed by atoms with E-state index >= 15 is 0 Å². The minimum absolute atomic E-state index is 0.137. The van der Waals surface area contributed by atoms with Crippen molar-refractivity contribution in [1.29, 1.82) is 0 Å². The highest BCUT2D eigenvalue weighted by Crippen LogP contribution is 2.28. The first-order valence-electron chi connectivity index (χ1n) is 6.12. The lowest BCUT2D eigenvalue weighted by atomic mass is 9.96. The lowest BCUT2D eigenvalue weighted by molar-refractivity contribution is 0.691. The van der Waals surface area contributed by atoms with Gasteiger partial charge in [-0.05, 0) is 49.2 Å². The zero-order valence-electron chi connectivity index (χ0n) is 11.0. The third kappa shape index (κ3) is 2.58. The monoisotopic (exact) mass is 259 g/mol. The highest BCUT2D eigenvalue weighted by atomic mass is 35.5. The number of benzene rings is 2. The fraction of sp³-hybridized carbons (Fsp3) is 0.250. The van der Waals surface area contributed by atoms with Crippen LogP contribution in [0.5, 0.6) is 0 Å². The predicted octanol–water partition coefficient (Wildman–Crippen LogP) is 4.27. The maximum atomic E-state index is 6.28. The topological polar surface area (TPSA) is 12.0 Å². The summed E-state index contributed by atoms with van der Waals surface area (Å²) in [5.74, 6) is 0. The molecule has 1 N–H and O–H groups in total. The summed E-state index contributed by atoms with van der Waals surface area (Å²) in [6, 6.07) is 14.7. The zero-order valence-corrected chi connectivity index (χ0v) is 11.8. The van der Waals surface area contributed by atoms with Crippen LogP contribution in [0.15, 0.2) is 42.5 Å². The molecule has 0 spiro atoms. The summed E-state index contributed by atoms with van der Waals surface area (Å²) in [6.07, 6.45) is 0. The molecule has 1 nitrogen and oxygen atoms in total. The van der Waals surface area contributed by atoms with Gasteiger partial charge in [-0.25, -0.2) is 0 Å². The molecule has 0 amide bonds. The van der Waals surface area contributed by atoms with Crippen molar-refractivity contribution < 1.29 is 0 Å². The highest BCUT2D eigenvalue weighted by Gasteiger charge is 2.14. The van der Waals surface area contributed by atoms with Crippen molar-refractivity contribution in [3.8, 4) is 0 Å². The molecule has 0 aliphatic carbocycles. The van der Waals surface area contributed by atoms with E-state index in [-0.39, 0.29) is 6.04 Å². The van der Waals surface area contributed by atoms with Crippen LogP contribution in [0.2, 0.25) is 5.02 Å². The van der Waals surface area contributed by atoms with E-state index in [4.69, 9.17) is 11.6 Å². The van der Waals surface area contributed by atoms with Crippen molar-refractivity contribution in [2.75, 3.05) is 7.05 Å². The van der Waals surface area contributed by atoms with Gasteiger partial charge in [0.2, 0.25) is 0 Å². The second-order valence-electron chi connectivity index (χ2n) is 4.59. The molecular formula is C16H18ClN. The molecule has 0 saturated heterocycles. The van der Waals surface area contributed by atoms with Crippen LogP contribution in [0.4, 0.5) is 0 Å². The van der Waals surface area contributed by atoms with E-state index in [2.05, 4.69) is 43.4 Å². The van der Waals surface area contributed by atoms with Crippen LogP contribution in [0.25, 0.3) is 0 Å². The fourth-order valence-corrected chi connectivity index (χ4v) is 2.40. The van der Waals surface area contributed by atoms with Gasteiger partial charge >= 0.3 is 0 Å². The van der Waals surface area contributed by atoms with E-state index in [1.54, 1.807) is 0 Å². The van der Waals surface area contributed by atoms with E-state index in [0.717, 1.165) is 10.6 Å². The molecule has 0 aromatic heterocycles. The first-order chi connectivity index (χ1) is 8.63. The van der Waals surface area contributed by atoms with Crippen LogP contribution in [-0.4, -0.2) is 7.05 Å². The Balaban J connectivity index is 2.45. The summed E-state index contributed by atoms with van der Waals surface area (Å²) < 4.78 is 0. The Bertz CT molecular complexity index is 549. The van der Waals surface area contributed by atoms with Crippen LogP contribution in [-0.2, 0) is 0 Å². The van der Waals surface area contributed by atoms with Crippen LogP contribution in [0.3, 0.4) is 0 Å². The molecule has 0 heterocycles.